The van der Waals surface area contributed by atoms with E-state index < -0.39 is 0 Å². The lowest BCUT2D eigenvalue weighted by atomic mass is 10.1. The predicted octanol–water partition coefficient (Wildman–Crippen LogP) is 5.81. The fourth-order valence-corrected chi connectivity index (χ4v) is 4.29. The van der Waals surface area contributed by atoms with Crippen molar-refractivity contribution in [3.63, 3.8) is 0 Å². The maximum atomic E-state index is 12.8. The van der Waals surface area contributed by atoms with Crippen LogP contribution in [0.2, 0.25) is 5.02 Å². The van der Waals surface area contributed by atoms with Crippen LogP contribution >= 0.6 is 23.4 Å². The molecule has 0 spiro atoms. The molecular formula is C22H24ClN3OS. The largest absolute Gasteiger partial charge is 0.372 e. The Balaban J connectivity index is 1.85. The van der Waals surface area contributed by atoms with Crippen LogP contribution in [-0.2, 0) is 4.79 Å². The molecule has 0 unspecified atom stereocenters. The van der Waals surface area contributed by atoms with Crippen LogP contribution in [-0.4, -0.2) is 35.6 Å². The predicted molar refractivity (Wildman–Crippen MR) is 122 cm³/mol. The van der Waals surface area contributed by atoms with E-state index in [4.69, 9.17) is 11.6 Å². The molecule has 6 heteroatoms. The van der Waals surface area contributed by atoms with Gasteiger partial charge in [0.25, 0.3) is 5.91 Å². The lowest BCUT2D eigenvalue weighted by molar-refractivity contribution is -0.122. The number of carbonyl (C=O) groups is 1. The first kappa shape index (κ1) is 20.5. The second-order valence-corrected chi connectivity index (χ2v) is 7.74. The van der Waals surface area contributed by atoms with Gasteiger partial charge in [-0.3, -0.25) is 9.69 Å². The third kappa shape index (κ3) is 4.59. The molecule has 0 aromatic heterocycles. The standard InChI is InChI=1S/C22H24ClN3OS/c1-4-25(5-2)19-12-10-16(11-13-19)14-20-21(27)26(6-3)22(28-20)24-18-9-7-8-17(23)15-18/h7-15H,4-6H2,1-3H3/b20-14+,24-22?. The summed E-state index contributed by atoms with van der Waals surface area (Å²) in [5.41, 5.74) is 2.94. The number of benzene rings is 2. The second-order valence-electron chi connectivity index (χ2n) is 6.30. The molecule has 0 saturated carbocycles. The maximum absolute atomic E-state index is 12.8. The van der Waals surface area contributed by atoms with Crippen molar-refractivity contribution in [2.24, 2.45) is 4.99 Å². The first-order valence-corrected chi connectivity index (χ1v) is 10.7. The van der Waals surface area contributed by atoms with Gasteiger partial charge >= 0.3 is 0 Å². The molecule has 4 nitrogen and oxygen atoms in total. The minimum Gasteiger partial charge on any atom is -0.372 e. The number of anilines is 1. The average molecular weight is 414 g/mol. The van der Waals surface area contributed by atoms with Crippen LogP contribution in [0.5, 0.6) is 0 Å². The summed E-state index contributed by atoms with van der Waals surface area (Å²) in [5.74, 6) is -0.0129. The average Bonchev–Trinajstić information content (AvgIpc) is 2.98. The van der Waals surface area contributed by atoms with Crippen LogP contribution in [0.1, 0.15) is 26.3 Å². The van der Waals surface area contributed by atoms with E-state index in [9.17, 15) is 4.79 Å². The Kier molecular flexibility index (Phi) is 6.81. The van der Waals surface area contributed by atoms with E-state index in [0.29, 0.717) is 21.6 Å². The summed E-state index contributed by atoms with van der Waals surface area (Å²) in [6.45, 7) is 8.76. The maximum Gasteiger partial charge on any atom is 0.266 e. The number of carbonyl (C=O) groups excluding carboxylic acids is 1. The van der Waals surface area contributed by atoms with Gasteiger partial charge in [0.1, 0.15) is 0 Å². The second kappa shape index (κ2) is 9.30. The van der Waals surface area contributed by atoms with Crippen LogP contribution in [0.4, 0.5) is 11.4 Å². The highest BCUT2D eigenvalue weighted by Crippen LogP contribution is 2.34. The summed E-state index contributed by atoms with van der Waals surface area (Å²) in [6, 6.07) is 15.6. The molecule has 1 heterocycles. The van der Waals surface area contributed by atoms with Gasteiger partial charge in [0, 0.05) is 30.3 Å². The summed E-state index contributed by atoms with van der Waals surface area (Å²) in [5, 5.41) is 1.31. The number of rotatable bonds is 6. The first-order chi connectivity index (χ1) is 13.5. The lowest BCUT2D eigenvalue weighted by Gasteiger charge is -2.20. The quantitative estimate of drug-likeness (QED) is 0.560. The molecule has 28 heavy (non-hydrogen) atoms. The molecule has 1 fully saturated rings. The molecule has 0 atom stereocenters. The summed E-state index contributed by atoms with van der Waals surface area (Å²) in [6.07, 6.45) is 1.93. The summed E-state index contributed by atoms with van der Waals surface area (Å²) in [7, 11) is 0. The lowest BCUT2D eigenvalue weighted by Crippen LogP contribution is -2.28. The smallest absolute Gasteiger partial charge is 0.266 e. The number of halogens is 1. The van der Waals surface area contributed by atoms with Gasteiger partial charge in [0.05, 0.1) is 10.6 Å². The van der Waals surface area contributed by atoms with Crippen LogP contribution in [0.25, 0.3) is 6.08 Å². The molecule has 146 valence electrons. The van der Waals surface area contributed by atoms with E-state index in [2.05, 4.69) is 48.0 Å². The van der Waals surface area contributed by atoms with Gasteiger partial charge in [0.15, 0.2) is 5.17 Å². The molecule has 1 aliphatic rings. The van der Waals surface area contributed by atoms with Crippen molar-refractivity contribution in [3.05, 3.63) is 64.0 Å². The fourth-order valence-electron chi connectivity index (χ4n) is 3.05. The molecule has 0 radical (unpaired) electrons. The van der Waals surface area contributed by atoms with Gasteiger partial charge in [-0.05, 0) is 74.5 Å². The normalized spacial score (nSPS) is 17.0. The zero-order valence-corrected chi connectivity index (χ0v) is 17.9. The van der Waals surface area contributed by atoms with E-state index in [1.807, 2.05) is 31.2 Å². The number of hydrogen-bond acceptors (Lipinski definition) is 4. The van der Waals surface area contributed by atoms with Crippen molar-refractivity contribution >= 4 is 51.9 Å². The Bertz CT molecular complexity index is 904. The van der Waals surface area contributed by atoms with Crippen LogP contribution < -0.4 is 4.90 Å². The Morgan fingerprint density at radius 2 is 1.82 bits per heavy atom. The third-order valence-corrected chi connectivity index (χ3v) is 5.80. The Labute approximate surface area is 175 Å². The van der Waals surface area contributed by atoms with E-state index >= 15 is 0 Å². The Hall–Kier alpha value is -2.24. The SMILES string of the molecule is CCN1C(=O)/C(=C\c2ccc(N(CC)CC)cc2)SC1=Nc1cccc(Cl)c1. The first-order valence-electron chi connectivity index (χ1n) is 9.46. The van der Waals surface area contributed by atoms with Gasteiger partial charge < -0.3 is 4.90 Å². The van der Waals surface area contributed by atoms with Gasteiger partial charge in [-0.1, -0.05) is 29.8 Å². The number of aliphatic imine (C=N–C) groups is 1. The van der Waals surface area contributed by atoms with E-state index in [0.717, 1.165) is 24.3 Å². The van der Waals surface area contributed by atoms with Gasteiger partial charge in [-0.15, -0.1) is 0 Å². The van der Waals surface area contributed by atoms with Crippen molar-refractivity contribution in [3.8, 4) is 0 Å². The van der Waals surface area contributed by atoms with Crippen molar-refractivity contribution in [1.82, 2.24) is 4.90 Å². The number of likely N-dealkylation sites (N-methyl/N-ethyl adjacent to an activating group) is 1. The van der Waals surface area contributed by atoms with Crippen molar-refractivity contribution < 1.29 is 4.79 Å². The van der Waals surface area contributed by atoms with Crippen molar-refractivity contribution in [2.75, 3.05) is 24.5 Å². The van der Waals surface area contributed by atoms with Gasteiger partial charge in [-0.25, -0.2) is 4.99 Å². The highest BCUT2D eigenvalue weighted by molar-refractivity contribution is 8.18. The monoisotopic (exact) mass is 413 g/mol. The molecule has 1 amide bonds. The number of nitrogens with zero attached hydrogens (tertiary/aromatic N) is 3. The molecule has 2 aromatic carbocycles. The van der Waals surface area contributed by atoms with Crippen LogP contribution in [0, 0.1) is 0 Å². The molecule has 3 rings (SSSR count). The Morgan fingerprint density at radius 1 is 1.11 bits per heavy atom. The molecule has 0 bridgehead atoms. The molecule has 0 N–H and O–H groups in total. The minimum atomic E-state index is -0.0129. The zero-order chi connectivity index (χ0) is 20.1. The fraction of sp³-hybridized carbons (Fsp3) is 0.273. The summed E-state index contributed by atoms with van der Waals surface area (Å²) >= 11 is 7.45. The van der Waals surface area contributed by atoms with Crippen molar-refractivity contribution in [1.29, 1.82) is 0 Å². The zero-order valence-electron chi connectivity index (χ0n) is 16.4. The molecule has 0 aliphatic carbocycles. The minimum absolute atomic E-state index is 0.0129. The number of amidine groups is 1. The number of thioether (sulfide) groups is 1. The van der Waals surface area contributed by atoms with Gasteiger partial charge in [-0.2, -0.15) is 0 Å². The molecular weight excluding hydrogens is 390 g/mol. The van der Waals surface area contributed by atoms with E-state index in [1.54, 1.807) is 11.0 Å². The van der Waals surface area contributed by atoms with E-state index in [-0.39, 0.29) is 5.91 Å². The highest BCUT2D eigenvalue weighted by Gasteiger charge is 2.32. The molecule has 2 aromatic rings. The third-order valence-electron chi connectivity index (χ3n) is 4.56. The van der Waals surface area contributed by atoms with Crippen LogP contribution in [0.15, 0.2) is 58.4 Å². The number of hydrogen-bond donors (Lipinski definition) is 0. The van der Waals surface area contributed by atoms with Gasteiger partial charge in [0.2, 0.25) is 0 Å². The summed E-state index contributed by atoms with van der Waals surface area (Å²) < 4.78 is 0. The highest BCUT2D eigenvalue weighted by atomic mass is 35.5. The molecule has 1 saturated heterocycles. The van der Waals surface area contributed by atoms with Crippen LogP contribution in [0.3, 0.4) is 0 Å². The molecule has 1 aliphatic heterocycles. The summed E-state index contributed by atoms with van der Waals surface area (Å²) in [4.78, 5) is 22.1. The van der Waals surface area contributed by atoms with E-state index in [1.165, 1.54) is 17.4 Å². The van der Waals surface area contributed by atoms with Crippen molar-refractivity contribution in [2.45, 2.75) is 20.8 Å². The number of amides is 1. The topological polar surface area (TPSA) is 35.9 Å². The Morgan fingerprint density at radius 3 is 2.43 bits per heavy atom.